The quantitative estimate of drug-likeness (QED) is 0.628. The van der Waals surface area contributed by atoms with E-state index in [-0.39, 0.29) is 17.6 Å². The predicted molar refractivity (Wildman–Crippen MR) is 74.0 cm³/mol. The van der Waals surface area contributed by atoms with Crippen LogP contribution in [-0.2, 0) is 23.8 Å². The minimum absolute atomic E-state index is 0.122. The minimum Gasteiger partial charge on any atom is -0.369 e. The average molecular weight is 298 g/mol. The van der Waals surface area contributed by atoms with E-state index in [1.165, 1.54) is 6.07 Å². The zero-order valence-corrected chi connectivity index (χ0v) is 12.4. The maximum absolute atomic E-state index is 12.0. The summed E-state index contributed by atoms with van der Waals surface area (Å²) in [5.41, 5.74) is 1.51. The maximum atomic E-state index is 12.0. The van der Waals surface area contributed by atoms with Crippen molar-refractivity contribution in [2.24, 2.45) is 0 Å². The first-order valence-corrected chi connectivity index (χ1v) is 7.65. The summed E-state index contributed by atoms with van der Waals surface area (Å²) in [5.74, 6) is 0. The van der Waals surface area contributed by atoms with E-state index in [9.17, 15) is 8.42 Å². The third-order valence-electron chi connectivity index (χ3n) is 3.19. The molecule has 2 atom stereocenters. The topological polar surface area (TPSA) is 61.8 Å². The second-order valence-corrected chi connectivity index (χ2v) is 6.27. The van der Waals surface area contributed by atoms with Gasteiger partial charge in [-0.1, -0.05) is 23.8 Å². The van der Waals surface area contributed by atoms with Crippen molar-refractivity contribution in [1.82, 2.24) is 0 Å². The Hall–Kier alpha value is -1.21. The van der Waals surface area contributed by atoms with Crippen LogP contribution >= 0.6 is 0 Å². The fraction of sp³-hybridized carbons (Fsp3) is 0.429. The van der Waals surface area contributed by atoms with E-state index in [1.54, 1.807) is 18.2 Å². The third kappa shape index (κ3) is 3.09. The summed E-state index contributed by atoms with van der Waals surface area (Å²) < 4.78 is 39.8. The van der Waals surface area contributed by atoms with Gasteiger partial charge in [-0.25, -0.2) is 0 Å². The third-order valence-corrected chi connectivity index (χ3v) is 4.54. The van der Waals surface area contributed by atoms with Crippen molar-refractivity contribution in [3.63, 3.8) is 0 Å². The molecular weight excluding hydrogens is 280 g/mol. The van der Waals surface area contributed by atoms with Gasteiger partial charge in [0.25, 0.3) is 10.1 Å². The van der Waals surface area contributed by atoms with E-state index >= 15 is 0 Å². The second kappa shape index (κ2) is 6.05. The first-order valence-electron chi connectivity index (χ1n) is 6.25. The molecule has 0 spiro atoms. The molecule has 1 aliphatic heterocycles. The van der Waals surface area contributed by atoms with E-state index in [0.717, 1.165) is 12.7 Å². The Kier molecular flexibility index (Phi) is 4.59. The van der Waals surface area contributed by atoms with E-state index in [1.807, 2.05) is 6.92 Å². The lowest BCUT2D eigenvalue weighted by molar-refractivity contribution is -0.119. The van der Waals surface area contributed by atoms with E-state index < -0.39 is 16.2 Å². The zero-order valence-electron chi connectivity index (χ0n) is 11.5. The molecule has 0 aliphatic carbocycles. The number of benzene rings is 1. The Balaban J connectivity index is 2.36. The van der Waals surface area contributed by atoms with Crippen LogP contribution in [-0.4, -0.2) is 34.8 Å². The lowest BCUT2D eigenvalue weighted by atomic mass is 10.1. The van der Waals surface area contributed by atoms with Crippen molar-refractivity contribution < 1.29 is 22.1 Å². The van der Waals surface area contributed by atoms with Crippen LogP contribution < -0.4 is 0 Å². The Bertz CT molecular complexity index is 586. The van der Waals surface area contributed by atoms with E-state index in [2.05, 4.69) is 10.8 Å². The minimum atomic E-state index is -3.77. The molecule has 1 fully saturated rings. The molecule has 1 aromatic carbocycles. The van der Waals surface area contributed by atoms with Crippen molar-refractivity contribution >= 4 is 10.1 Å². The average Bonchev–Trinajstić information content (AvgIpc) is 2.47. The lowest BCUT2D eigenvalue weighted by Crippen LogP contribution is -2.30. The van der Waals surface area contributed by atoms with Crippen LogP contribution in [0.3, 0.4) is 0 Å². The van der Waals surface area contributed by atoms with Crippen molar-refractivity contribution in [2.45, 2.75) is 24.0 Å². The monoisotopic (exact) mass is 298 g/mol. The molecule has 2 rings (SSSR count). The fourth-order valence-electron chi connectivity index (χ4n) is 2.07. The van der Waals surface area contributed by atoms with Gasteiger partial charge in [-0.05, 0) is 13.0 Å². The van der Waals surface area contributed by atoms with E-state index in [0.29, 0.717) is 12.2 Å². The van der Waals surface area contributed by atoms with Gasteiger partial charge >= 0.3 is 0 Å². The Morgan fingerprint density at radius 1 is 1.35 bits per heavy atom. The van der Waals surface area contributed by atoms with Gasteiger partial charge in [-0.3, -0.25) is 4.18 Å². The molecule has 0 aromatic heterocycles. The lowest BCUT2D eigenvalue weighted by Gasteiger charge is -2.29. The molecule has 1 saturated heterocycles. The molecule has 0 unspecified atom stereocenters. The molecule has 110 valence electrons. The van der Waals surface area contributed by atoms with Crippen molar-refractivity contribution in [3.05, 3.63) is 42.0 Å². The molecule has 0 radical (unpaired) electrons. The summed E-state index contributed by atoms with van der Waals surface area (Å²) in [6.07, 6.45) is 1.09. The molecule has 20 heavy (non-hydrogen) atoms. The highest BCUT2D eigenvalue weighted by atomic mass is 32.2. The van der Waals surface area contributed by atoms with Crippen molar-refractivity contribution in [3.8, 4) is 0 Å². The molecule has 0 saturated carbocycles. The van der Waals surface area contributed by atoms with Crippen LogP contribution in [0, 0.1) is 6.92 Å². The Morgan fingerprint density at radius 3 is 2.65 bits per heavy atom. The molecule has 6 heteroatoms. The fourth-order valence-corrected chi connectivity index (χ4v) is 2.96. The van der Waals surface area contributed by atoms with Gasteiger partial charge in [0.2, 0.25) is 0 Å². The highest BCUT2D eigenvalue weighted by Gasteiger charge is 2.28. The van der Waals surface area contributed by atoms with Crippen molar-refractivity contribution in [1.29, 1.82) is 0 Å². The molecule has 0 N–H and O–H groups in total. The molecule has 1 heterocycles. The maximum Gasteiger partial charge on any atom is 0.297 e. The van der Waals surface area contributed by atoms with E-state index in [4.69, 9.17) is 9.47 Å². The molecule has 5 nitrogen and oxygen atoms in total. The first-order chi connectivity index (χ1) is 9.47. The Labute approximate surface area is 119 Å². The van der Waals surface area contributed by atoms with Gasteiger partial charge in [0.05, 0.1) is 31.3 Å². The highest BCUT2D eigenvalue weighted by molar-refractivity contribution is 7.86. The second-order valence-electron chi connectivity index (χ2n) is 4.59. The van der Waals surface area contributed by atoms with Gasteiger partial charge in [0, 0.05) is 5.56 Å². The van der Waals surface area contributed by atoms with Gasteiger partial charge in [-0.2, -0.15) is 8.42 Å². The predicted octanol–water partition coefficient (Wildman–Crippen LogP) is 1.97. The van der Waals surface area contributed by atoms with Gasteiger partial charge < -0.3 is 9.47 Å². The number of rotatable bonds is 4. The van der Waals surface area contributed by atoms with Crippen LogP contribution in [0.5, 0.6) is 0 Å². The summed E-state index contributed by atoms with van der Waals surface area (Å²) in [6, 6.07) is 5.05. The SMILES string of the molecule is C=C[C@H]1CO[C@@H](c2cc(C)ccc2S(=O)(=O)OC)CO1. The molecule has 1 aromatic rings. The summed E-state index contributed by atoms with van der Waals surface area (Å²) in [5, 5.41) is 0. The number of hydrogen-bond acceptors (Lipinski definition) is 5. The van der Waals surface area contributed by atoms with Crippen LogP contribution in [0.4, 0.5) is 0 Å². The zero-order chi connectivity index (χ0) is 14.8. The molecule has 0 bridgehead atoms. The molecular formula is C14H18O5S. The van der Waals surface area contributed by atoms with Gasteiger partial charge in [-0.15, -0.1) is 6.58 Å². The Morgan fingerprint density at radius 2 is 2.10 bits per heavy atom. The highest BCUT2D eigenvalue weighted by Crippen LogP contribution is 2.30. The van der Waals surface area contributed by atoms with Crippen LogP contribution in [0.1, 0.15) is 17.2 Å². The van der Waals surface area contributed by atoms with Gasteiger partial charge in [0.1, 0.15) is 6.10 Å². The van der Waals surface area contributed by atoms with Crippen LogP contribution in [0.2, 0.25) is 0 Å². The van der Waals surface area contributed by atoms with Gasteiger partial charge in [0.15, 0.2) is 0 Å². The normalized spacial score (nSPS) is 23.5. The molecule has 1 aliphatic rings. The molecule has 0 amide bonds. The summed E-state index contributed by atoms with van der Waals surface area (Å²) >= 11 is 0. The summed E-state index contributed by atoms with van der Waals surface area (Å²) in [7, 11) is -2.63. The van der Waals surface area contributed by atoms with Crippen LogP contribution in [0.15, 0.2) is 35.7 Å². The standard InChI is InChI=1S/C14H18O5S/c1-4-11-8-19-13(9-18-11)12-7-10(2)5-6-14(12)20(15,16)17-3/h4-7,11,13H,1,8-9H2,2-3H3/t11-,13+/m0/s1. The number of hydrogen-bond donors (Lipinski definition) is 0. The van der Waals surface area contributed by atoms with Crippen molar-refractivity contribution in [2.75, 3.05) is 20.3 Å². The largest absolute Gasteiger partial charge is 0.369 e. The van der Waals surface area contributed by atoms with Crippen LogP contribution in [0.25, 0.3) is 0 Å². The number of ether oxygens (including phenoxy) is 2. The summed E-state index contributed by atoms with van der Waals surface area (Å²) in [6.45, 7) is 6.18. The summed E-state index contributed by atoms with van der Waals surface area (Å²) in [4.78, 5) is 0.122. The smallest absolute Gasteiger partial charge is 0.297 e. The number of aryl methyl sites for hydroxylation is 1. The first kappa shape index (κ1) is 15.2.